The van der Waals surface area contributed by atoms with E-state index in [1.165, 1.54) is 0 Å². The van der Waals surface area contributed by atoms with Gasteiger partial charge in [0.1, 0.15) is 5.75 Å². The summed E-state index contributed by atoms with van der Waals surface area (Å²) in [7, 11) is 1.65. The van der Waals surface area contributed by atoms with Crippen LogP contribution in [0.2, 0.25) is 0 Å². The van der Waals surface area contributed by atoms with E-state index in [0.29, 0.717) is 25.8 Å². The third-order valence-electron chi connectivity index (χ3n) is 5.97. The molecule has 5 nitrogen and oxygen atoms in total. The number of methoxy groups -OCH3 is 1. The fourth-order valence-electron chi connectivity index (χ4n) is 4.32. The Morgan fingerprint density at radius 1 is 1.12 bits per heavy atom. The molecular weight excluding hydrogens is 420 g/mol. The Labute approximate surface area is 193 Å². The normalized spacial score (nSPS) is 18.4. The molecule has 1 aromatic heterocycles. The quantitative estimate of drug-likeness (QED) is 0.559. The summed E-state index contributed by atoms with van der Waals surface area (Å²) in [6.07, 6.45) is 1.59. The average Bonchev–Trinajstić information content (AvgIpc) is 3.34. The lowest BCUT2D eigenvalue weighted by atomic mass is 9.86. The number of nitrogens with one attached hydrogen (secondary N) is 1. The number of anilines is 1. The van der Waals surface area contributed by atoms with Crippen LogP contribution in [0.15, 0.2) is 66.0 Å². The third-order valence-corrected chi connectivity index (χ3v) is 6.91. The molecule has 0 bridgehead atoms. The topological polar surface area (TPSA) is 58.6 Å². The van der Waals surface area contributed by atoms with Crippen molar-refractivity contribution in [3.8, 4) is 5.75 Å². The first-order chi connectivity index (χ1) is 15.6. The molecule has 166 valence electrons. The molecule has 0 spiro atoms. The van der Waals surface area contributed by atoms with Crippen molar-refractivity contribution in [2.75, 3.05) is 18.6 Å². The molecule has 1 aliphatic heterocycles. The van der Waals surface area contributed by atoms with E-state index >= 15 is 0 Å². The number of benzene rings is 2. The first-order valence-corrected chi connectivity index (χ1v) is 11.8. The van der Waals surface area contributed by atoms with Gasteiger partial charge in [-0.2, -0.15) is 0 Å². The van der Waals surface area contributed by atoms with Gasteiger partial charge in [-0.25, -0.2) is 0 Å². The fourth-order valence-corrected chi connectivity index (χ4v) is 5.20. The lowest BCUT2D eigenvalue weighted by Crippen LogP contribution is -2.48. The Kier molecular flexibility index (Phi) is 6.90. The maximum atomic E-state index is 13.3. The van der Waals surface area contributed by atoms with Gasteiger partial charge in [0.05, 0.1) is 19.1 Å². The lowest BCUT2D eigenvalue weighted by Gasteiger charge is -2.40. The molecule has 3 aromatic rings. The summed E-state index contributed by atoms with van der Waals surface area (Å²) in [6, 6.07) is 19.5. The minimum Gasteiger partial charge on any atom is -0.496 e. The molecular formula is C26H28N2O3S. The number of carbonyl (C=O) groups is 2. The number of aryl methyl sites for hydroxylation is 1. The van der Waals surface area contributed by atoms with Crippen LogP contribution in [-0.4, -0.2) is 25.5 Å². The maximum Gasteiger partial charge on any atom is 0.227 e. The zero-order valence-corrected chi connectivity index (χ0v) is 19.2. The van der Waals surface area contributed by atoms with Crippen molar-refractivity contribution in [2.45, 2.75) is 32.2 Å². The lowest BCUT2D eigenvalue weighted by molar-refractivity contribution is -0.129. The van der Waals surface area contributed by atoms with Crippen LogP contribution >= 0.6 is 11.3 Å². The van der Waals surface area contributed by atoms with Crippen molar-refractivity contribution < 1.29 is 14.3 Å². The van der Waals surface area contributed by atoms with Crippen LogP contribution in [-0.2, 0) is 16.0 Å². The van der Waals surface area contributed by atoms with Gasteiger partial charge in [-0.05, 0) is 55.0 Å². The fraction of sp³-hybridized carbons (Fsp3) is 0.308. The van der Waals surface area contributed by atoms with Crippen LogP contribution in [0.5, 0.6) is 5.75 Å². The summed E-state index contributed by atoms with van der Waals surface area (Å²) in [5, 5.41) is 5.11. The van der Waals surface area contributed by atoms with Gasteiger partial charge < -0.3 is 15.0 Å². The molecule has 2 atom stereocenters. The summed E-state index contributed by atoms with van der Waals surface area (Å²) in [5.74, 6) is 0.575. The first-order valence-electron chi connectivity index (χ1n) is 10.9. The van der Waals surface area contributed by atoms with Gasteiger partial charge in [-0.15, -0.1) is 11.3 Å². The minimum atomic E-state index is -0.301. The Bertz CT molecular complexity index is 1060. The van der Waals surface area contributed by atoms with Gasteiger partial charge in [0, 0.05) is 23.5 Å². The Balaban J connectivity index is 1.54. The molecule has 2 unspecified atom stereocenters. The van der Waals surface area contributed by atoms with Crippen LogP contribution in [0.4, 0.5) is 5.69 Å². The van der Waals surface area contributed by atoms with Crippen LogP contribution in [0.1, 0.15) is 34.9 Å². The Morgan fingerprint density at radius 3 is 2.62 bits per heavy atom. The molecule has 32 heavy (non-hydrogen) atoms. The molecule has 1 aliphatic rings. The Morgan fingerprint density at radius 2 is 1.91 bits per heavy atom. The summed E-state index contributed by atoms with van der Waals surface area (Å²) >= 11 is 1.59. The predicted molar refractivity (Wildman–Crippen MR) is 128 cm³/mol. The van der Waals surface area contributed by atoms with Crippen LogP contribution in [0.3, 0.4) is 0 Å². The van der Waals surface area contributed by atoms with Crippen molar-refractivity contribution in [3.63, 3.8) is 0 Å². The molecule has 1 N–H and O–H groups in total. The number of hydrogen-bond donors (Lipinski definition) is 1. The van der Waals surface area contributed by atoms with E-state index in [1.54, 1.807) is 18.4 Å². The number of ether oxygens (including phenoxy) is 1. The van der Waals surface area contributed by atoms with Gasteiger partial charge in [0.15, 0.2) is 0 Å². The maximum absolute atomic E-state index is 13.3. The summed E-state index contributed by atoms with van der Waals surface area (Å²) < 4.78 is 5.41. The molecule has 0 saturated carbocycles. The van der Waals surface area contributed by atoms with E-state index in [1.807, 2.05) is 77.9 Å². The number of rotatable bonds is 7. The number of amides is 2. The molecule has 0 radical (unpaired) electrons. The highest BCUT2D eigenvalue weighted by Crippen LogP contribution is 2.41. The molecule has 1 fully saturated rings. The van der Waals surface area contributed by atoms with Crippen LogP contribution in [0.25, 0.3) is 0 Å². The standard InChI is InChI=1S/C26H28N2O3S/c1-18-9-11-20(12-10-18)28-24(29)14-13-21(25(28)23-8-5-17-32-23)26(30)27-16-15-19-6-3-4-7-22(19)31-2/h3-12,17,21,25H,13-16H2,1-2H3,(H,27,30). The van der Waals surface area contributed by atoms with E-state index in [-0.39, 0.29) is 23.8 Å². The molecule has 1 saturated heterocycles. The summed E-state index contributed by atoms with van der Waals surface area (Å²) in [4.78, 5) is 29.2. The van der Waals surface area contributed by atoms with Gasteiger partial charge >= 0.3 is 0 Å². The van der Waals surface area contributed by atoms with Crippen molar-refractivity contribution in [1.82, 2.24) is 5.32 Å². The van der Waals surface area contributed by atoms with E-state index in [4.69, 9.17) is 4.74 Å². The average molecular weight is 449 g/mol. The molecule has 6 heteroatoms. The van der Waals surface area contributed by atoms with Crippen molar-refractivity contribution in [3.05, 3.63) is 82.0 Å². The number of hydrogen-bond acceptors (Lipinski definition) is 4. The smallest absolute Gasteiger partial charge is 0.227 e. The van der Waals surface area contributed by atoms with E-state index in [2.05, 4.69) is 5.32 Å². The van der Waals surface area contributed by atoms with Gasteiger partial charge in [-0.3, -0.25) is 9.59 Å². The molecule has 4 rings (SSSR count). The number of nitrogens with zero attached hydrogens (tertiary/aromatic N) is 1. The summed E-state index contributed by atoms with van der Waals surface area (Å²) in [6.45, 7) is 2.54. The molecule has 2 aromatic carbocycles. The number of carbonyl (C=O) groups excluding carboxylic acids is 2. The van der Waals surface area contributed by atoms with Gasteiger partial charge in [-0.1, -0.05) is 42.0 Å². The number of para-hydroxylation sites is 1. The largest absolute Gasteiger partial charge is 0.496 e. The minimum absolute atomic E-state index is 0.0112. The Hall–Kier alpha value is -3.12. The van der Waals surface area contributed by atoms with E-state index in [9.17, 15) is 9.59 Å². The molecule has 2 amide bonds. The van der Waals surface area contributed by atoms with Gasteiger partial charge in [0.2, 0.25) is 11.8 Å². The highest BCUT2D eigenvalue weighted by molar-refractivity contribution is 7.10. The van der Waals surface area contributed by atoms with Crippen LogP contribution in [0, 0.1) is 12.8 Å². The third kappa shape index (κ3) is 4.70. The zero-order chi connectivity index (χ0) is 22.5. The van der Waals surface area contributed by atoms with Crippen molar-refractivity contribution in [1.29, 1.82) is 0 Å². The highest BCUT2D eigenvalue weighted by atomic mass is 32.1. The van der Waals surface area contributed by atoms with E-state index in [0.717, 1.165) is 27.4 Å². The second-order valence-corrected chi connectivity index (χ2v) is 9.04. The first kappa shape index (κ1) is 22.1. The van der Waals surface area contributed by atoms with Crippen molar-refractivity contribution >= 4 is 28.8 Å². The molecule has 2 heterocycles. The van der Waals surface area contributed by atoms with E-state index < -0.39 is 0 Å². The highest BCUT2D eigenvalue weighted by Gasteiger charge is 2.41. The van der Waals surface area contributed by atoms with Crippen LogP contribution < -0.4 is 15.0 Å². The second kappa shape index (κ2) is 10.0. The van der Waals surface area contributed by atoms with Gasteiger partial charge in [0.25, 0.3) is 0 Å². The molecule has 0 aliphatic carbocycles. The number of piperidine rings is 1. The second-order valence-electron chi connectivity index (χ2n) is 8.06. The predicted octanol–water partition coefficient (Wildman–Crippen LogP) is 4.91. The SMILES string of the molecule is COc1ccccc1CCNC(=O)C1CCC(=O)N(c2ccc(C)cc2)C1c1cccs1. The van der Waals surface area contributed by atoms with Crippen molar-refractivity contribution in [2.24, 2.45) is 5.92 Å². The zero-order valence-electron chi connectivity index (χ0n) is 18.4. The number of thiophene rings is 1. The monoisotopic (exact) mass is 448 g/mol. The summed E-state index contributed by atoms with van der Waals surface area (Å²) in [5.41, 5.74) is 3.03.